The predicted octanol–water partition coefficient (Wildman–Crippen LogP) is 5.14. The lowest BCUT2D eigenvalue weighted by Gasteiger charge is -2.33. The van der Waals surface area contributed by atoms with E-state index in [9.17, 15) is 9.18 Å². The number of halogens is 1. The second kappa shape index (κ2) is 7.43. The van der Waals surface area contributed by atoms with Crippen LogP contribution < -0.4 is 5.32 Å². The van der Waals surface area contributed by atoms with Gasteiger partial charge in [-0.25, -0.2) is 4.39 Å². The third kappa shape index (κ3) is 3.17. The number of nitrogens with one attached hydrogen (secondary N) is 2. The van der Waals surface area contributed by atoms with Gasteiger partial charge in [0, 0.05) is 28.8 Å². The van der Waals surface area contributed by atoms with E-state index >= 15 is 0 Å². The van der Waals surface area contributed by atoms with Crippen molar-refractivity contribution in [1.29, 1.82) is 0 Å². The Kier molecular flexibility index (Phi) is 4.60. The molecule has 1 atom stereocenters. The molecule has 4 aromatic rings. The molecule has 5 heteroatoms. The first-order valence-electron chi connectivity index (χ1n) is 10.1. The number of likely N-dealkylation sites (N-methyl/N-ethyl adjacent to an activating group) is 1. The van der Waals surface area contributed by atoms with Crippen LogP contribution in [0.5, 0.6) is 0 Å². The lowest BCUT2D eigenvalue weighted by molar-refractivity contribution is 0.102. The number of hydrogen-bond donors (Lipinski definition) is 2. The zero-order valence-electron chi connectivity index (χ0n) is 16.7. The molecule has 2 heterocycles. The Morgan fingerprint density at radius 3 is 2.57 bits per heavy atom. The summed E-state index contributed by atoms with van der Waals surface area (Å²) in [5, 5.41) is 4.07. The van der Waals surface area contributed by atoms with Crippen LogP contribution in [0.25, 0.3) is 10.9 Å². The van der Waals surface area contributed by atoms with E-state index in [-0.39, 0.29) is 11.6 Å². The van der Waals surface area contributed by atoms with Crippen molar-refractivity contribution in [3.05, 3.63) is 101 Å². The minimum absolute atomic E-state index is 0.0382. The molecule has 0 aliphatic carbocycles. The van der Waals surface area contributed by atoms with Crippen molar-refractivity contribution in [2.24, 2.45) is 0 Å². The molecule has 1 amide bonds. The lowest BCUT2D eigenvalue weighted by atomic mass is 9.93. The molecule has 1 aliphatic heterocycles. The largest absolute Gasteiger partial charge is 0.357 e. The molecular formula is C25H22FN3O. The molecule has 1 aliphatic rings. The van der Waals surface area contributed by atoms with Crippen molar-refractivity contribution in [3.63, 3.8) is 0 Å². The molecule has 5 rings (SSSR count). The maximum Gasteiger partial charge on any atom is 0.258 e. The van der Waals surface area contributed by atoms with E-state index in [1.807, 2.05) is 24.3 Å². The average Bonchev–Trinajstić information content (AvgIpc) is 3.13. The Balaban J connectivity index is 1.43. The minimum atomic E-state index is -0.526. The number of carbonyl (C=O) groups is 1. The summed E-state index contributed by atoms with van der Waals surface area (Å²) in [5.74, 6) is -0.977. The number of fused-ring (bicyclic) bond motifs is 3. The summed E-state index contributed by atoms with van der Waals surface area (Å²) in [6.07, 6.45) is 1.02. The number of carbonyl (C=O) groups excluding carboxylic acids is 1. The zero-order chi connectivity index (χ0) is 20.7. The number of aromatic nitrogens is 1. The molecule has 1 unspecified atom stereocenters. The summed E-state index contributed by atoms with van der Waals surface area (Å²) < 4.78 is 13.9. The normalized spacial score (nSPS) is 16.4. The smallest absolute Gasteiger partial charge is 0.258 e. The van der Waals surface area contributed by atoms with Crippen LogP contribution in [0.4, 0.5) is 10.1 Å². The maximum atomic E-state index is 13.9. The van der Waals surface area contributed by atoms with E-state index < -0.39 is 11.7 Å². The van der Waals surface area contributed by atoms with Gasteiger partial charge in [0.2, 0.25) is 0 Å². The van der Waals surface area contributed by atoms with Crippen LogP contribution in [0, 0.1) is 5.82 Å². The van der Waals surface area contributed by atoms with E-state index in [1.54, 1.807) is 12.1 Å². The van der Waals surface area contributed by atoms with Gasteiger partial charge < -0.3 is 10.3 Å². The standard InChI is InChI=1S/C25H22FN3O/c1-29-15-14-19-18-6-3-5-9-22(18)28-23(19)24(29)16-10-12-17(13-11-16)27-25(30)20-7-2-4-8-21(20)26/h2-13,24,28H,14-15H2,1H3,(H,27,30). The van der Waals surface area contributed by atoms with Crippen LogP contribution in [0.1, 0.15) is 33.2 Å². The van der Waals surface area contributed by atoms with E-state index in [0.717, 1.165) is 24.0 Å². The number of para-hydroxylation sites is 1. The SMILES string of the molecule is CN1CCc2c([nH]c3ccccc23)C1c1ccc(NC(=O)c2ccccc2F)cc1. The van der Waals surface area contributed by atoms with Crippen LogP contribution in [0.15, 0.2) is 72.8 Å². The summed E-state index contributed by atoms with van der Waals surface area (Å²) in [6, 6.07) is 22.3. The van der Waals surface area contributed by atoms with E-state index in [4.69, 9.17) is 0 Å². The first-order chi connectivity index (χ1) is 14.6. The van der Waals surface area contributed by atoms with E-state index in [2.05, 4.69) is 46.5 Å². The van der Waals surface area contributed by atoms with Gasteiger partial charge in [0.05, 0.1) is 11.6 Å². The molecular weight excluding hydrogens is 377 g/mol. The van der Waals surface area contributed by atoms with Crippen molar-refractivity contribution in [2.45, 2.75) is 12.5 Å². The highest BCUT2D eigenvalue weighted by Gasteiger charge is 2.29. The minimum Gasteiger partial charge on any atom is -0.357 e. The highest BCUT2D eigenvalue weighted by molar-refractivity contribution is 6.04. The molecule has 0 fully saturated rings. The summed E-state index contributed by atoms with van der Waals surface area (Å²) in [5.41, 5.74) is 5.60. The second-order valence-corrected chi connectivity index (χ2v) is 7.75. The van der Waals surface area contributed by atoms with Gasteiger partial charge in [-0.1, -0.05) is 42.5 Å². The fraction of sp³-hybridized carbons (Fsp3) is 0.160. The first-order valence-corrected chi connectivity index (χ1v) is 10.1. The van der Waals surface area contributed by atoms with Crippen LogP contribution in [0.2, 0.25) is 0 Å². The molecule has 0 spiro atoms. The van der Waals surface area contributed by atoms with Gasteiger partial charge in [-0.05, 0) is 54.9 Å². The number of anilines is 1. The average molecular weight is 399 g/mol. The van der Waals surface area contributed by atoms with Crippen molar-refractivity contribution in [2.75, 3.05) is 18.9 Å². The van der Waals surface area contributed by atoms with Crippen LogP contribution in [-0.4, -0.2) is 29.4 Å². The van der Waals surface area contributed by atoms with Crippen LogP contribution in [0.3, 0.4) is 0 Å². The van der Waals surface area contributed by atoms with Gasteiger partial charge in [-0.2, -0.15) is 0 Å². The fourth-order valence-corrected chi connectivity index (χ4v) is 4.37. The molecule has 0 radical (unpaired) electrons. The van der Waals surface area contributed by atoms with E-state index in [1.165, 1.54) is 28.8 Å². The molecule has 3 aromatic carbocycles. The molecule has 0 saturated carbocycles. The Labute approximate surface area is 174 Å². The van der Waals surface area contributed by atoms with Gasteiger partial charge in [0.15, 0.2) is 0 Å². The van der Waals surface area contributed by atoms with Gasteiger partial charge >= 0.3 is 0 Å². The molecule has 0 saturated heterocycles. The highest BCUT2D eigenvalue weighted by atomic mass is 19.1. The Bertz CT molecular complexity index is 1230. The Morgan fingerprint density at radius 1 is 1.03 bits per heavy atom. The van der Waals surface area contributed by atoms with Crippen molar-refractivity contribution < 1.29 is 9.18 Å². The summed E-state index contributed by atoms with van der Waals surface area (Å²) in [7, 11) is 2.13. The molecule has 30 heavy (non-hydrogen) atoms. The number of rotatable bonds is 3. The number of benzene rings is 3. The van der Waals surface area contributed by atoms with Crippen LogP contribution >= 0.6 is 0 Å². The fourth-order valence-electron chi connectivity index (χ4n) is 4.37. The summed E-state index contributed by atoms with van der Waals surface area (Å²) >= 11 is 0. The second-order valence-electron chi connectivity index (χ2n) is 7.75. The molecule has 2 N–H and O–H groups in total. The van der Waals surface area contributed by atoms with Crippen LogP contribution in [-0.2, 0) is 6.42 Å². The number of nitrogens with zero attached hydrogens (tertiary/aromatic N) is 1. The maximum absolute atomic E-state index is 13.9. The molecule has 4 nitrogen and oxygen atoms in total. The van der Waals surface area contributed by atoms with Gasteiger partial charge in [0.1, 0.15) is 5.82 Å². The van der Waals surface area contributed by atoms with Crippen molar-refractivity contribution >= 4 is 22.5 Å². The number of aromatic amines is 1. The number of amides is 1. The monoisotopic (exact) mass is 399 g/mol. The van der Waals surface area contributed by atoms with Gasteiger partial charge in [-0.15, -0.1) is 0 Å². The summed E-state index contributed by atoms with van der Waals surface area (Å²) in [6.45, 7) is 0.977. The van der Waals surface area contributed by atoms with E-state index in [0.29, 0.717) is 5.69 Å². The first kappa shape index (κ1) is 18.6. The predicted molar refractivity (Wildman–Crippen MR) is 117 cm³/mol. The van der Waals surface area contributed by atoms with Gasteiger partial charge in [-0.3, -0.25) is 9.69 Å². The highest BCUT2D eigenvalue weighted by Crippen LogP contribution is 2.37. The Hall–Kier alpha value is -3.44. The molecule has 1 aromatic heterocycles. The zero-order valence-corrected chi connectivity index (χ0v) is 16.7. The third-order valence-electron chi connectivity index (χ3n) is 5.88. The topological polar surface area (TPSA) is 48.1 Å². The third-order valence-corrected chi connectivity index (χ3v) is 5.88. The Morgan fingerprint density at radius 2 is 1.77 bits per heavy atom. The van der Waals surface area contributed by atoms with Crippen molar-refractivity contribution in [1.82, 2.24) is 9.88 Å². The van der Waals surface area contributed by atoms with Gasteiger partial charge in [0.25, 0.3) is 5.91 Å². The lowest BCUT2D eigenvalue weighted by Crippen LogP contribution is -2.32. The quantitative estimate of drug-likeness (QED) is 0.501. The number of H-pyrrole nitrogens is 1. The van der Waals surface area contributed by atoms with Crippen molar-refractivity contribution in [3.8, 4) is 0 Å². The number of hydrogen-bond acceptors (Lipinski definition) is 2. The molecule has 0 bridgehead atoms. The molecule has 150 valence electrons. The summed E-state index contributed by atoms with van der Waals surface area (Å²) in [4.78, 5) is 18.3.